The van der Waals surface area contributed by atoms with Gasteiger partial charge in [-0.1, -0.05) is 11.6 Å². The van der Waals surface area contributed by atoms with E-state index in [1.807, 2.05) is 0 Å². The molecule has 1 atom stereocenters. The van der Waals surface area contributed by atoms with Crippen LogP contribution in [0, 0.1) is 5.92 Å². The molecular formula is C9H18N2. The number of hydrogen-bond acceptors (Lipinski definition) is 2. The van der Waals surface area contributed by atoms with Gasteiger partial charge in [0.15, 0.2) is 0 Å². The van der Waals surface area contributed by atoms with Crippen molar-refractivity contribution < 1.29 is 0 Å². The van der Waals surface area contributed by atoms with Gasteiger partial charge in [0, 0.05) is 19.6 Å². The van der Waals surface area contributed by atoms with Crippen molar-refractivity contribution in [1.82, 2.24) is 5.32 Å². The van der Waals surface area contributed by atoms with Gasteiger partial charge in [0.2, 0.25) is 0 Å². The fourth-order valence-corrected chi connectivity index (χ4v) is 1.53. The molecule has 0 aromatic heterocycles. The summed E-state index contributed by atoms with van der Waals surface area (Å²) in [5.41, 5.74) is 6.91. The summed E-state index contributed by atoms with van der Waals surface area (Å²) in [5.74, 6) is 0.765. The molecule has 2 nitrogen and oxygen atoms in total. The molecule has 0 radical (unpaired) electrons. The van der Waals surface area contributed by atoms with Gasteiger partial charge in [-0.3, -0.25) is 0 Å². The highest BCUT2D eigenvalue weighted by molar-refractivity contribution is 5.08. The van der Waals surface area contributed by atoms with Crippen molar-refractivity contribution in [3.63, 3.8) is 0 Å². The zero-order chi connectivity index (χ0) is 8.10. The van der Waals surface area contributed by atoms with Gasteiger partial charge in [0.1, 0.15) is 0 Å². The molecular weight excluding hydrogens is 136 g/mol. The van der Waals surface area contributed by atoms with E-state index in [0.29, 0.717) is 0 Å². The Balaban J connectivity index is 2.08. The van der Waals surface area contributed by atoms with Crippen molar-refractivity contribution >= 4 is 0 Å². The molecule has 0 spiro atoms. The van der Waals surface area contributed by atoms with E-state index in [-0.39, 0.29) is 0 Å². The van der Waals surface area contributed by atoms with Crippen LogP contribution in [-0.4, -0.2) is 19.6 Å². The molecule has 3 N–H and O–H groups in total. The molecule has 1 unspecified atom stereocenters. The fraction of sp³-hybridized carbons (Fsp3) is 0.778. The zero-order valence-electron chi connectivity index (χ0n) is 7.27. The van der Waals surface area contributed by atoms with E-state index in [0.717, 1.165) is 25.6 Å². The quantitative estimate of drug-likeness (QED) is 0.466. The van der Waals surface area contributed by atoms with Crippen molar-refractivity contribution in [3.8, 4) is 0 Å². The van der Waals surface area contributed by atoms with Gasteiger partial charge in [-0.15, -0.1) is 0 Å². The minimum Gasteiger partial charge on any atom is -0.329 e. The summed E-state index contributed by atoms with van der Waals surface area (Å²) < 4.78 is 0. The Kier molecular flexibility index (Phi) is 3.60. The van der Waals surface area contributed by atoms with Crippen LogP contribution in [0.5, 0.6) is 0 Å². The van der Waals surface area contributed by atoms with Gasteiger partial charge in [-0.25, -0.2) is 0 Å². The van der Waals surface area contributed by atoms with E-state index < -0.39 is 0 Å². The van der Waals surface area contributed by atoms with E-state index in [1.54, 1.807) is 5.57 Å². The highest BCUT2D eigenvalue weighted by Crippen LogP contribution is 2.22. The number of nitrogens with two attached hydrogens (primary N) is 1. The summed E-state index contributed by atoms with van der Waals surface area (Å²) in [7, 11) is 0. The molecule has 0 aromatic carbocycles. The third-order valence-electron chi connectivity index (χ3n) is 2.16. The molecule has 0 saturated heterocycles. The molecule has 0 bridgehead atoms. The van der Waals surface area contributed by atoms with Crippen LogP contribution in [-0.2, 0) is 0 Å². The summed E-state index contributed by atoms with van der Waals surface area (Å²) in [5, 5.41) is 3.33. The van der Waals surface area contributed by atoms with Crippen LogP contribution in [0.25, 0.3) is 0 Å². The minimum atomic E-state index is 0.745. The lowest BCUT2D eigenvalue weighted by Crippen LogP contribution is -2.26. The highest BCUT2D eigenvalue weighted by Gasteiger charge is 2.11. The van der Waals surface area contributed by atoms with Crippen molar-refractivity contribution in [2.45, 2.75) is 19.8 Å². The summed E-state index contributed by atoms with van der Waals surface area (Å²) in [4.78, 5) is 0. The zero-order valence-corrected chi connectivity index (χ0v) is 7.27. The van der Waals surface area contributed by atoms with E-state index >= 15 is 0 Å². The van der Waals surface area contributed by atoms with Crippen molar-refractivity contribution in [3.05, 3.63) is 11.6 Å². The second kappa shape index (κ2) is 4.52. The lowest BCUT2D eigenvalue weighted by atomic mass is 10.1. The Hall–Kier alpha value is -0.340. The fourth-order valence-electron chi connectivity index (χ4n) is 1.53. The predicted octanol–water partition coefficient (Wildman–Crippen LogP) is 0.891. The van der Waals surface area contributed by atoms with E-state index in [1.165, 1.54) is 12.8 Å². The maximum absolute atomic E-state index is 5.36. The van der Waals surface area contributed by atoms with Crippen molar-refractivity contribution in [2.24, 2.45) is 11.7 Å². The average molecular weight is 154 g/mol. The first kappa shape index (κ1) is 8.75. The van der Waals surface area contributed by atoms with Gasteiger partial charge in [-0.05, 0) is 25.7 Å². The van der Waals surface area contributed by atoms with Gasteiger partial charge >= 0.3 is 0 Å². The average Bonchev–Trinajstić information content (AvgIpc) is 2.37. The molecule has 0 aromatic rings. The maximum atomic E-state index is 5.36. The van der Waals surface area contributed by atoms with Crippen LogP contribution in [0.2, 0.25) is 0 Å². The molecule has 1 aliphatic rings. The Morgan fingerprint density at radius 3 is 3.09 bits per heavy atom. The van der Waals surface area contributed by atoms with Crippen LogP contribution in [0.15, 0.2) is 11.6 Å². The van der Waals surface area contributed by atoms with E-state index in [2.05, 4.69) is 18.3 Å². The Morgan fingerprint density at radius 1 is 1.73 bits per heavy atom. The second-order valence-electron chi connectivity index (χ2n) is 3.30. The Labute approximate surface area is 68.9 Å². The molecule has 0 amide bonds. The normalized spacial score (nSPS) is 23.8. The standard InChI is InChI=1S/C9H18N2/c1-8-2-3-9(6-8)7-11-5-4-10/h6,9,11H,2-5,7,10H2,1H3. The monoisotopic (exact) mass is 154 g/mol. The molecule has 64 valence electrons. The molecule has 0 saturated carbocycles. The summed E-state index contributed by atoms with van der Waals surface area (Å²) in [6.07, 6.45) is 4.99. The van der Waals surface area contributed by atoms with Crippen LogP contribution < -0.4 is 11.1 Å². The summed E-state index contributed by atoms with van der Waals surface area (Å²) in [6.45, 7) is 5.01. The number of hydrogen-bond donors (Lipinski definition) is 2. The van der Waals surface area contributed by atoms with Gasteiger partial charge in [-0.2, -0.15) is 0 Å². The highest BCUT2D eigenvalue weighted by atomic mass is 14.9. The second-order valence-corrected chi connectivity index (χ2v) is 3.30. The molecule has 11 heavy (non-hydrogen) atoms. The largest absolute Gasteiger partial charge is 0.329 e. The lowest BCUT2D eigenvalue weighted by molar-refractivity contribution is 0.553. The molecule has 0 aliphatic heterocycles. The third kappa shape index (κ3) is 3.04. The van der Waals surface area contributed by atoms with E-state index in [9.17, 15) is 0 Å². The molecule has 1 rings (SSSR count). The summed E-state index contributed by atoms with van der Waals surface area (Å²) >= 11 is 0. The third-order valence-corrected chi connectivity index (χ3v) is 2.16. The Morgan fingerprint density at radius 2 is 2.55 bits per heavy atom. The van der Waals surface area contributed by atoms with Crippen molar-refractivity contribution in [1.29, 1.82) is 0 Å². The first-order chi connectivity index (χ1) is 5.33. The summed E-state index contributed by atoms with van der Waals surface area (Å²) in [6, 6.07) is 0. The Bertz CT molecular complexity index is 140. The smallest absolute Gasteiger partial charge is 0.00747 e. The van der Waals surface area contributed by atoms with Gasteiger partial charge in [0.05, 0.1) is 0 Å². The van der Waals surface area contributed by atoms with Gasteiger partial charge in [0.25, 0.3) is 0 Å². The predicted molar refractivity (Wildman–Crippen MR) is 48.4 cm³/mol. The SMILES string of the molecule is CC1=CC(CNCCN)CC1. The lowest BCUT2D eigenvalue weighted by Gasteiger charge is -2.07. The topological polar surface area (TPSA) is 38.0 Å². The molecule has 0 heterocycles. The van der Waals surface area contributed by atoms with Crippen molar-refractivity contribution in [2.75, 3.05) is 19.6 Å². The number of nitrogens with one attached hydrogen (secondary N) is 1. The first-order valence-corrected chi connectivity index (χ1v) is 4.41. The number of rotatable bonds is 4. The molecule has 0 fully saturated rings. The van der Waals surface area contributed by atoms with Crippen LogP contribution in [0.4, 0.5) is 0 Å². The van der Waals surface area contributed by atoms with Gasteiger partial charge < -0.3 is 11.1 Å². The first-order valence-electron chi connectivity index (χ1n) is 4.41. The van der Waals surface area contributed by atoms with Crippen LogP contribution in [0.3, 0.4) is 0 Å². The van der Waals surface area contributed by atoms with Crippen LogP contribution >= 0.6 is 0 Å². The molecule has 1 aliphatic carbocycles. The van der Waals surface area contributed by atoms with Crippen LogP contribution in [0.1, 0.15) is 19.8 Å². The number of allylic oxidation sites excluding steroid dienone is 1. The minimum absolute atomic E-state index is 0.745. The van der Waals surface area contributed by atoms with E-state index in [4.69, 9.17) is 5.73 Å². The molecule has 2 heteroatoms. The maximum Gasteiger partial charge on any atom is 0.00747 e.